The Bertz CT molecular complexity index is 966. The third-order valence-corrected chi connectivity index (χ3v) is 5.85. The number of nitrogens with zero attached hydrogens (tertiary/aromatic N) is 1. The zero-order chi connectivity index (χ0) is 19.6. The highest BCUT2D eigenvalue weighted by Gasteiger charge is 2.26. The number of nitrogens with two attached hydrogens (primary N) is 1. The Balaban J connectivity index is 1.79. The van der Waals surface area contributed by atoms with Gasteiger partial charge >= 0.3 is 0 Å². The van der Waals surface area contributed by atoms with Crippen LogP contribution in [0.1, 0.15) is 16.8 Å². The second kappa shape index (κ2) is 7.61. The minimum absolute atomic E-state index is 0.153. The van der Waals surface area contributed by atoms with Gasteiger partial charge in [0, 0.05) is 24.3 Å². The summed E-state index contributed by atoms with van der Waals surface area (Å²) in [6.07, 6.45) is 0.838. The average Bonchev–Trinajstić information content (AvgIpc) is 3.12. The molecule has 9 heteroatoms. The first kappa shape index (κ1) is 19.2. The number of sulfonamides is 1. The molecule has 1 heterocycles. The monoisotopic (exact) mass is 395 g/mol. The van der Waals surface area contributed by atoms with Gasteiger partial charge in [-0.1, -0.05) is 6.07 Å². The molecule has 0 radical (unpaired) electrons. The lowest BCUT2D eigenvalue weighted by Gasteiger charge is -2.17. The van der Waals surface area contributed by atoms with Crippen molar-refractivity contribution in [2.75, 3.05) is 24.4 Å². The fourth-order valence-electron chi connectivity index (χ4n) is 2.97. The molecule has 3 N–H and O–H groups in total. The molecule has 0 aliphatic carbocycles. The van der Waals surface area contributed by atoms with E-state index in [9.17, 15) is 22.0 Å². The Morgan fingerprint density at radius 3 is 2.63 bits per heavy atom. The number of hydrogen-bond donors (Lipinski definition) is 2. The quantitative estimate of drug-likeness (QED) is 0.812. The number of carbonyl (C=O) groups is 1. The van der Waals surface area contributed by atoms with E-state index in [2.05, 4.69) is 4.72 Å². The van der Waals surface area contributed by atoms with Gasteiger partial charge in [0.05, 0.1) is 4.90 Å². The van der Waals surface area contributed by atoms with Crippen molar-refractivity contribution >= 4 is 21.6 Å². The van der Waals surface area contributed by atoms with Crippen molar-refractivity contribution in [3.05, 3.63) is 59.7 Å². The SMILES string of the molecule is NCC1CCN(C(=O)c2cccc(NS(=O)(=O)c3ccc(F)c(F)c3)c2)C1. The summed E-state index contributed by atoms with van der Waals surface area (Å²) in [6.45, 7) is 1.68. The second-order valence-electron chi connectivity index (χ2n) is 6.40. The molecule has 0 saturated carbocycles. The highest BCUT2D eigenvalue weighted by atomic mass is 32.2. The maximum Gasteiger partial charge on any atom is 0.261 e. The molecule has 6 nitrogen and oxygen atoms in total. The Labute approximate surface area is 156 Å². The van der Waals surface area contributed by atoms with E-state index >= 15 is 0 Å². The topological polar surface area (TPSA) is 92.5 Å². The predicted molar refractivity (Wildman–Crippen MR) is 96.7 cm³/mol. The number of hydrogen-bond acceptors (Lipinski definition) is 4. The number of benzene rings is 2. The summed E-state index contributed by atoms with van der Waals surface area (Å²) in [5.74, 6) is -2.34. The Morgan fingerprint density at radius 1 is 1.19 bits per heavy atom. The van der Waals surface area contributed by atoms with Crippen LogP contribution in [0.4, 0.5) is 14.5 Å². The number of rotatable bonds is 5. The lowest BCUT2D eigenvalue weighted by atomic mass is 10.1. The molecule has 27 heavy (non-hydrogen) atoms. The number of carbonyl (C=O) groups excluding carboxylic acids is 1. The van der Waals surface area contributed by atoms with Crippen LogP contribution < -0.4 is 10.5 Å². The maximum absolute atomic E-state index is 13.3. The first-order chi connectivity index (χ1) is 12.8. The summed E-state index contributed by atoms with van der Waals surface area (Å²) < 4.78 is 53.4. The summed E-state index contributed by atoms with van der Waals surface area (Å²) in [4.78, 5) is 13.9. The highest BCUT2D eigenvalue weighted by Crippen LogP contribution is 2.22. The summed E-state index contributed by atoms with van der Waals surface area (Å²) in [7, 11) is -4.12. The first-order valence-electron chi connectivity index (χ1n) is 8.37. The van der Waals surface area contributed by atoms with Crippen LogP contribution in [0.3, 0.4) is 0 Å². The van der Waals surface area contributed by atoms with Crippen LogP contribution in [0.15, 0.2) is 47.4 Å². The number of halogens is 2. The van der Waals surface area contributed by atoms with Crippen molar-refractivity contribution < 1.29 is 22.0 Å². The van der Waals surface area contributed by atoms with Crippen LogP contribution in [0.5, 0.6) is 0 Å². The van der Waals surface area contributed by atoms with Crippen LogP contribution in [0.25, 0.3) is 0 Å². The highest BCUT2D eigenvalue weighted by molar-refractivity contribution is 7.92. The summed E-state index contributed by atoms with van der Waals surface area (Å²) >= 11 is 0. The molecule has 1 aliphatic rings. The van der Waals surface area contributed by atoms with E-state index in [1.54, 1.807) is 17.0 Å². The van der Waals surface area contributed by atoms with Crippen molar-refractivity contribution in [2.45, 2.75) is 11.3 Å². The zero-order valence-corrected chi connectivity index (χ0v) is 15.2. The van der Waals surface area contributed by atoms with E-state index in [1.165, 1.54) is 12.1 Å². The third-order valence-electron chi connectivity index (χ3n) is 4.47. The molecule has 1 atom stereocenters. The first-order valence-corrected chi connectivity index (χ1v) is 9.86. The fraction of sp³-hybridized carbons (Fsp3) is 0.278. The molecular formula is C18H19F2N3O3S. The molecule has 1 unspecified atom stereocenters. The molecular weight excluding hydrogens is 376 g/mol. The Hall–Kier alpha value is -2.52. The van der Waals surface area contributed by atoms with E-state index in [0.717, 1.165) is 18.6 Å². The Morgan fingerprint density at radius 2 is 1.96 bits per heavy atom. The molecule has 3 rings (SSSR count). The largest absolute Gasteiger partial charge is 0.338 e. The van der Waals surface area contributed by atoms with E-state index < -0.39 is 26.6 Å². The molecule has 1 amide bonds. The van der Waals surface area contributed by atoms with Gasteiger partial charge in [-0.3, -0.25) is 9.52 Å². The number of anilines is 1. The summed E-state index contributed by atoms with van der Waals surface area (Å²) in [6, 6.07) is 8.33. The van der Waals surface area contributed by atoms with Gasteiger partial charge in [0.2, 0.25) is 0 Å². The third kappa shape index (κ3) is 4.25. The van der Waals surface area contributed by atoms with Crippen molar-refractivity contribution in [3.8, 4) is 0 Å². The normalized spacial score (nSPS) is 17.1. The van der Waals surface area contributed by atoms with Gasteiger partial charge in [0.1, 0.15) is 0 Å². The molecule has 0 bridgehead atoms. The standard InChI is InChI=1S/C18H19F2N3O3S/c19-16-5-4-15(9-17(16)20)27(25,26)22-14-3-1-2-13(8-14)18(24)23-7-6-12(10-21)11-23/h1-5,8-9,12,22H,6-7,10-11,21H2. The van der Waals surface area contributed by atoms with Gasteiger partial charge < -0.3 is 10.6 Å². The van der Waals surface area contributed by atoms with Crippen LogP contribution >= 0.6 is 0 Å². The fourth-order valence-corrected chi connectivity index (χ4v) is 4.03. The predicted octanol–water partition coefficient (Wildman–Crippen LogP) is 2.19. The van der Waals surface area contributed by atoms with E-state index in [4.69, 9.17) is 5.73 Å². The Kier molecular flexibility index (Phi) is 5.43. The van der Waals surface area contributed by atoms with E-state index in [1.807, 2.05) is 0 Å². The second-order valence-corrected chi connectivity index (χ2v) is 8.09. The number of nitrogens with one attached hydrogen (secondary N) is 1. The van der Waals surface area contributed by atoms with Gasteiger partial charge in [0.15, 0.2) is 11.6 Å². The van der Waals surface area contributed by atoms with Gasteiger partial charge in [-0.15, -0.1) is 0 Å². The molecule has 144 valence electrons. The minimum atomic E-state index is -4.12. The summed E-state index contributed by atoms with van der Waals surface area (Å²) in [5.41, 5.74) is 6.12. The van der Waals surface area contributed by atoms with Crippen molar-refractivity contribution in [3.63, 3.8) is 0 Å². The smallest absolute Gasteiger partial charge is 0.261 e. The molecule has 2 aromatic rings. The van der Waals surface area contributed by atoms with Crippen LogP contribution in [-0.4, -0.2) is 38.9 Å². The van der Waals surface area contributed by atoms with Crippen LogP contribution in [-0.2, 0) is 10.0 Å². The molecule has 0 aromatic heterocycles. The maximum atomic E-state index is 13.3. The van der Waals surface area contributed by atoms with Gasteiger partial charge in [-0.25, -0.2) is 17.2 Å². The van der Waals surface area contributed by atoms with E-state index in [-0.39, 0.29) is 17.5 Å². The minimum Gasteiger partial charge on any atom is -0.338 e. The van der Waals surface area contributed by atoms with Crippen molar-refractivity contribution in [2.24, 2.45) is 11.7 Å². The number of amides is 1. The molecule has 2 aromatic carbocycles. The number of likely N-dealkylation sites (tertiary alicyclic amines) is 1. The average molecular weight is 395 g/mol. The van der Waals surface area contributed by atoms with Crippen LogP contribution in [0.2, 0.25) is 0 Å². The lowest BCUT2D eigenvalue weighted by molar-refractivity contribution is 0.0787. The van der Waals surface area contributed by atoms with Crippen LogP contribution in [0, 0.1) is 17.6 Å². The molecule has 1 aliphatic heterocycles. The van der Waals surface area contributed by atoms with Crippen molar-refractivity contribution in [1.82, 2.24) is 4.90 Å². The summed E-state index contributed by atoms with van der Waals surface area (Å²) in [5, 5.41) is 0. The zero-order valence-electron chi connectivity index (χ0n) is 14.4. The van der Waals surface area contributed by atoms with E-state index in [0.29, 0.717) is 31.3 Å². The van der Waals surface area contributed by atoms with Gasteiger partial charge in [-0.2, -0.15) is 0 Å². The molecule has 0 spiro atoms. The van der Waals surface area contributed by atoms with Gasteiger partial charge in [-0.05, 0) is 55.3 Å². The molecule has 1 saturated heterocycles. The lowest BCUT2D eigenvalue weighted by Crippen LogP contribution is -2.29. The van der Waals surface area contributed by atoms with Gasteiger partial charge in [0.25, 0.3) is 15.9 Å². The van der Waals surface area contributed by atoms with Crippen molar-refractivity contribution in [1.29, 1.82) is 0 Å². The molecule has 1 fully saturated rings.